The molecule has 0 aliphatic carbocycles. The quantitative estimate of drug-likeness (QED) is 0.517. The van der Waals surface area contributed by atoms with Crippen molar-refractivity contribution in [1.29, 1.82) is 0 Å². The van der Waals surface area contributed by atoms with Gasteiger partial charge >= 0.3 is 5.69 Å². The largest absolute Gasteiger partial charge is 0.320 e. The normalized spacial score (nSPS) is 10.1. The molecule has 0 aliphatic rings. The van der Waals surface area contributed by atoms with Gasteiger partial charge < -0.3 is 5.32 Å². The second kappa shape index (κ2) is 5.93. The summed E-state index contributed by atoms with van der Waals surface area (Å²) in [6.07, 6.45) is 2.64. The molecule has 0 saturated carbocycles. The highest BCUT2D eigenvalue weighted by Crippen LogP contribution is 2.26. The Kier molecular flexibility index (Phi) is 4.26. The molecule has 0 aromatic carbocycles. The molecule has 20 heavy (non-hydrogen) atoms. The molecule has 0 spiro atoms. The highest BCUT2D eigenvalue weighted by molar-refractivity contribution is 9.10. The molecular formula is C11H6BrClN4O3. The van der Waals surface area contributed by atoms with Crippen molar-refractivity contribution in [2.24, 2.45) is 0 Å². The summed E-state index contributed by atoms with van der Waals surface area (Å²) in [5.74, 6) is -0.662. The van der Waals surface area contributed by atoms with Gasteiger partial charge in [0.05, 0.1) is 16.8 Å². The van der Waals surface area contributed by atoms with Gasteiger partial charge in [-0.05, 0) is 34.1 Å². The summed E-state index contributed by atoms with van der Waals surface area (Å²) in [5.41, 5.74) is -0.296. The van der Waals surface area contributed by atoms with Gasteiger partial charge in [-0.1, -0.05) is 11.6 Å². The predicted octanol–water partition coefficient (Wildman–Crippen LogP) is 3.05. The van der Waals surface area contributed by atoms with E-state index in [2.05, 4.69) is 31.2 Å². The van der Waals surface area contributed by atoms with Crippen LogP contribution in [-0.2, 0) is 0 Å². The van der Waals surface area contributed by atoms with E-state index in [0.717, 1.165) is 0 Å². The average Bonchev–Trinajstić information content (AvgIpc) is 2.40. The molecule has 0 aliphatic heterocycles. The average molecular weight is 358 g/mol. The Morgan fingerprint density at radius 3 is 2.70 bits per heavy atom. The second-order valence-corrected chi connectivity index (χ2v) is 4.75. The van der Waals surface area contributed by atoms with Crippen molar-refractivity contribution in [3.63, 3.8) is 0 Å². The zero-order valence-corrected chi connectivity index (χ0v) is 12.1. The molecule has 0 atom stereocenters. The summed E-state index contributed by atoms with van der Waals surface area (Å²) >= 11 is 8.80. The number of amides is 1. The molecule has 0 unspecified atom stereocenters. The van der Waals surface area contributed by atoms with Gasteiger partial charge in [-0.25, -0.2) is 9.97 Å². The highest BCUT2D eigenvalue weighted by atomic mass is 79.9. The first-order valence-electron chi connectivity index (χ1n) is 5.21. The fraction of sp³-hybridized carbons (Fsp3) is 0. The van der Waals surface area contributed by atoms with Crippen molar-refractivity contribution in [1.82, 2.24) is 9.97 Å². The number of nitro groups is 1. The number of nitrogens with zero attached hydrogens (tertiary/aromatic N) is 3. The van der Waals surface area contributed by atoms with Crippen molar-refractivity contribution in [2.75, 3.05) is 5.32 Å². The van der Waals surface area contributed by atoms with E-state index in [9.17, 15) is 14.9 Å². The minimum Gasteiger partial charge on any atom is -0.320 e. The van der Waals surface area contributed by atoms with Crippen molar-refractivity contribution in [2.45, 2.75) is 0 Å². The number of hydrogen-bond acceptors (Lipinski definition) is 5. The van der Waals surface area contributed by atoms with Gasteiger partial charge in [-0.2, -0.15) is 0 Å². The van der Waals surface area contributed by atoms with E-state index >= 15 is 0 Å². The van der Waals surface area contributed by atoms with Gasteiger partial charge in [0.2, 0.25) is 5.15 Å². The first kappa shape index (κ1) is 14.4. The Morgan fingerprint density at radius 2 is 2.10 bits per heavy atom. The third-order valence-electron chi connectivity index (χ3n) is 2.29. The number of aromatic nitrogens is 2. The first-order valence-corrected chi connectivity index (χ1v) is 6.38. The van der Waals surface area contributed by atoms with Crippen LogP contribution in [0.1, 0.15) is 10.4 Å². The maximum atomic E-state index is 12.0. The zero-order chi connectivity index (χ0) is 14.7. The lowest BCUT2D eigenvalue weighted by molar-refractivity contribution is -0.385. The number of rotatable bonds is 3. The maximum absolute atomic E-state index is 12.0. The fourth-order valence-electron chi connectivity index (χ4n) is 1.43. The molecule has 7 nitrogen and oxygen atoms in total. The third kappa shape index (κ3) is 3.09. The number of pyridine rings is 2. The fourth-order valence-corrected chi connectivity index (χ4v) is 1.90. The molecular weight excluding hydrogens is 352 g/mol. The van der Waals surface area contributed by atoms with E-state index in [-0.39, 0.29) is 10.7 Å². The number of anilines is 1. The monoisotopic (exact) mass is 356 g/mol. The van der Waals surface area contributed by atoms with Gasteiger partial charge in [-0.15, -0.1) is 0 Å². The summed E-state index contributed by atoms with van der Waals surface area (Å²) in [6, 6.07) is 4.46. The number of nitrogens with one attached hydrogen (secondary N) is 1. The molecule has 0 bridgehead atoms. The summed E-state index contributed by atoms with van der Waals surface area (Å²) in [6.45, 7) is 0. The lowest BCUT2D eigenvalue weighted by Crippen LogP contribution is -2.14. The smallest absolute Gasteiger partial charge is 0.319 e. The van der Waals surface area contributed by atoms with Crippen LogP contribution in [-0.4, -0.2) is 20.8 Å². The van der Waals surface area contributed by atoms with E-state index in [0.29, 0.717) is 10.3 Å². The SMILES string of the molecule is O=C(Nc1ccc(Br)nc1)c1ccnc(Cl)c1[N+](=O)[O-]. The van der Waals surface area contributed by atoms with E-state index in [4.69, 9.17) is 11.6 Å². The lowest BCUT2D eigenvalue weighted by Gasteiger charge is -2.05. The molecule has 0 saturated heterocycles. The molecule has 0 radical (unpaired) electrons. The molecule has 2 rings (SSSR count). The van der Waals surface area contributed by atoms with E-state index in [1.165, 1.54) is 18.5 Å². The van der Waals surface area contributed by atoms with Crippen LogP contribution in [0.2, 0.25) is 5.15 Å². The second-order valence-electron chi connectivity index (χ2n) is 3.58. The molecule has 0 fully saturated rings. The Morgan fingerprint density at radius 1 is 1.35 bits per heavy atom. The Hall–Kier alpha value is -2.06. The van der Waals surface area contributed by atoms with Crippen LogP contribution in [0, 0.1) is 10.1 Å². The van der Waals surface area contributed by atoms with Gasteiger partial charge in [0.1, 0.15) is 10.2 Å². The summed E-state index contributed by atoms with van der Waals surface area (Å²) in [5, 5.41) is 13.1. The highest BCUT2D eigenvalue weighted by Gasteiger charge is 2.24. The van der Waals surface area contributed by atoms with Crippen LogP contribution < -0.4 is 5.32 Å². The van der Waals surface area contributed by atoms with Crippen LogP contribution in [0.5, 0.6) is 0 Å². The number of carbonyl (C=O) groups is 1. The Bertz CT molecular complexity index is 678. The minimum absolute atomic E-state index is 0.169. The molecule has 2 aromatic rings. The Labute approximate surface area is 126 Å². The standard InChI is InChI=1S/C11H6BrClN4O3/c12-8-2-1-6(5-15-8)16-11(18)7-3-4-14-10(13)9(7)17(19)20/h1-5H,(H,16,18). The first-order chi connectivity index (χ1) is 9.49. The van der Waals surface area contributed by atoms with Gasteiger partial charge in [0.15, 0.2) is 0 Å². The van der Waals surface area contributed by atoms with Crippen LogP contribution in [0.3, 0.4) is 0 Å². The topological polar surface area (TPSA) is 98.0 Å². The molecule has 2 aromatic heterocycles. The van der Waals surface area contributed by atoms with E-state index in [1.54, 1.807) is 12.1 Å². The lowest BCUT2D eigenvalue weighted by atomic mass is 10.2. The summed E-state index contributed by atoms with van der Waals surface area (Å²) in [4.78, 5) is 29.7. The maximum Gasteiger partial charge on any atom is 0.319 e. The van der Waals surface area contributed by atoms with Crippen molar-refractivity contribution in [3.05, 3.63) is 56.0 Å². The number of carbonyl (C=O) groups excluding carboxylic acids is 1. The third-order valence-corrected chi connectivity index (χ3v) is 3.04. The van der Waals surface area contributed by atoms with Crippen molar-refractivity contribution < 1.29 is 9.72 Å². The van der Waals surface area contributed by atoms with Crippen LogP contribution in [0.4, 0.5) is 11.4 Å². The van der Waals surface area contributed by atoms with E-state index in [1.807, 2.05) is 0 Å². The van der Waals surface area contributed by atoms with Crippen molar-refractivity contribution in [3.8, 4) is 0 Å². The van der Waals surface area contributed by atoms with Gasteiger partial charge in [0.25, 0.3) is 5.91 Å². The molecule has 1 N–H and O–H groups in total. The summed E-state index contributed by atoms with van der Waals surface area (Å²) in [7, 11) is 0. The van der Waals surface area contributed by atoms with E-state index < -0.39 is 16.5 Å². The molecule has 9 heteroatoms. The Balaban J connectivity index is 2.32. The molecule has 102 valence electrons. The van der Waals surface area contributed by atoms with Gasteiger partial charge in [-0.3, -0.25) is 14.9 Å². The zero-order valence-electron chi connectivity index (χ0n) is 9.71. The molecule has 2 heterocycles. The predicted molar refractivity (Wildman–Crippen MR) is 75.8 cm³/mol. The number of halogens is 2. The van der Waals surface area contributed by atoms with Crippen LogP contribution in [0.25, 0.3) is 0 Å². The summed E-state index contributed by atoms with van der Waals surface area (Å²) < 4.78 is 0.605. The minimum atomic E-state index is -0.746. The number of hydrogen-bond donors (Lipinski definition) is 1. The van der Waals surface area contributed by atoms with Gasteiger partial charge in [0, 0.05) is 6.20 Å². The van der Waals surface area contributed by atoms with Crippen LogP contribution >= 0.6 is 27.5 Å². The van der Waals surface area contributed by atoms with Crippen LogP contribution in [0.15, 0.2) is 35.2 Å². The van der Waals surface area contributed by atoms with Crippen molar-refractivity contribution >= 4 is 44.8 Å². The molecule has 1 amide bonds.